The van der Waals surface area contributed by atoms with Gasteiger partial charge >= 0.3 is 0 Å². The Balaban J connectivity index is 1.86. The molecule has 2 aromatic rings. The van der Waals surface area contributed by atoms with Gasteiger partial charge in [0.1, 0.15) is 5.00 Å². The lowest BCUT2D eigenvalue weighted by molar-refractivity contribution is -0.114. The Morgan fingerprint density at radius 1 is 1.26 bits per heavy atom. The monoisotopic (exact) mass is 404 g/mol. The number of hydrogen-bond donors (Lipinski definition) is 1. The minimum absolute atomic E-state index is 0.0123. The summed E-state index contributed by atoms with van der Waals surface area (Å²) >= 11 is 8.11. The summed E-state index contributed by atoms with van der Waals surface area (Å²) in [6.07, 6.45) is 4.63. The molecule has 0 saturated carbocycles. The molecule has 0 unspecified atom stereocenters. The molecule has 4 rings (SSSR count). The van der Waals surface area contributed by atoms with Crippen molar-refractivity contribution in [1.29, 1.82) is 0 Å². The first kappa shape index (κ1) is 18.9. The molecular formula is C21H25ClN2O2S. The van der Waals surface area contributed by atoms with E-state index in [1.807, 2.05) is 12.1 Å². The number of carbonyl (C=O) groups excluding carboxylic acids is 1. The van der Waals surface area contributed by atoms with Gasteiger partial charge in [-0.15, -0.1) is 11.3 Å². The van der Waals surface area contributed by atoms with Crippen LogP contribution in [0.5, 0.6) is 0 Å². The Labute approximate surface area is 169 Å². The van der Waals surface area contributed by atoms with E-state index in [2.05, 4.69) is 22.3 Å². The molecule has 144 valence electrons. The summed E-state index contributed by atoms with van der Waals surface area (Å²) < 4.78 is 5.60. The third-order valence-corrected chi connectivity index (χ3v) is 6.81. The first-order valence-electron chi connectivity index (χ1n) is 9.63. The van der Waals surface area contributed by atoms with Gasteiger partial charge in [0, 0.05) is 35.5 Å². The van der Waals surface area contributed by atoms with Gasteiger partial charge in [0.2, 0.25) is 5.91 Å². The maximum Gasteiger partial charge on any atom is 0.221 e. The Morgan fingerprint density at radius 3 is 2.78 bits per heavy atom. The highest BCUT2D eigenvalue weighted by molar-refractivity contribution is 7.16. The second-order valence-corrected chi connectivity index (χ2v) is 8.78. The number of halogens is 1. The van der Waals surface area contributed by atoms with Crippen molar-refractivity contribution >= 4 is 33.8 Å². The van der Waals surface area contributed by atoms with Crippen molar-refractivity contribution in [2.24, 2.45) is 0 Å². The summed E-state index contributed by atoms with van der Waals surface area (Å²) in [5.41, 5.74) is 3.89. The zero-order chi connectivity index (χ0) is 18.8. The third-order valence-electron chi connectivity index (χ3n) is 5.35. The van der Waals surface area contributed by atoms with Gasteiger partial charge < -0.3 is 10.1 Å². The second kappa shape index (κ2) is 8.31. The van der Waals surface area contributed by atoms with Crippen LogP contribution in [-0.4, -0.2) is 37.1 Å². The highest BCUT2D eigenvalue weighted by Gasteiger charge is 2.32. The average molecular weight is 405 g/mol. The van der Waals surface area contributed by atoms with Crippen LogP contribution in [0, 0.1) is 0 Å². The molecule has 0 spiro atoms. The molecule has 2 heterocycles. The number of hydrogen-bond acceptors (Lipinski definition) is 4. The SMILES string of the molecule is CC(=O)Nc1sc2c(c1[C@H](c1cccc(Cl)c1)N1CCOCC1)CCCC2. The largest absolute Gasteiger partial charge is 0.379 e. The molecule has 2 aliphatic rings. The third kappa shape index (κ3) is 4.06. The maximum absolute atomic E-state index is 11.9. The molecule has 1 fully saturated rings. The van der Waals surface area contributed by atoms with E-state index in [1.54, 1.807) is 18.3 Å². The minimum Gasteiger partial charge on any atom is -0.379 e. The molecule has 1 aliphatic heterocycles. The van der Waals surface area contributed by atoms with Crippen molar-refractivity contribution in [2.75, 3.05) is 31.6 Å². The molecule has 1 aliphatic carbocycles. The molecule has 1 aromatic carbocycles. The summed E-state index contributed by atoms with van der Waals surface area (Å²) in [7, 11) is 0. The number of morpholine rings is 1. The van der Waals surface area contributed by atoms with Crippen LogP contribution < -0.4 is 5.32 Å². The fourth-order valence-electron chi connectivity index (χ4n) is 4.20. The van der Waals surface area contributed by atoms with E-state index in [9.17, 15) is 4.79 Å². The first-order valence-corrected chi connectivity index (χ1v) is 10.8. The number of fused-ring (bicyclic) bond motifs is 1. The van der Waals surface area contributed by atoms with E-state index in [1.165, 1.54) is 34.4 Å². The standard InChI is InChI=1S/C21H25ClN2O2S/c1-14(25)23-21-19(17-7-2-3-8-18(17)27-21)20(24-9-11-26-12-10-24)15-5-4-6-16(22)13-15/h4-6,13,20H,2-3,7-12H2,1H3,(H,23,25)/t20-/m0/s1. The molecule has 27 heavy (non-hydrogen) atoms. The molecule has 1 amide bonds. The summed E-state index contributed by atoms with van der Waals surface area (Å²) in [6, 6.07) is 8.23. The number of benzene rings is 1. The zero-order valence-corrected chi connectivity index (χ0v) is 17.2. The number of amides is 1. The second-order valence-electron chi connectivity index (χ2n) is 7.24. The lowest BCUT2D eigenvalue weighted by Gasteiger charge is -2.36. The van der Waals surface area contributed by atoms with Crippen LogP contribution >= 0.6 is 22.9 Å². The number of carbonyl (C=O) groups is 1. The Bertz CT molecular complexity index is 830. The Morgan fingerprint density at radius 2 is 2.04 bits per heavy atom. The van der Waals surface area contributed by atoms with Crippen LogP contribution in [-0.2, 0) is 22.4 Å². The van der Waals surface area contributed by atoms with Crippen LogP contribution in [0.4, 0.5) is 5.00 Å². The molecule has 1 atom stereocenters. The van der Waals surface area contributed by atoms with E-state index in [0.29, 0.717) is 0 Å². The molecule has 0 bridgehead atoms. The van der Waals surface area contributed by atoms with Crippen molar-refractivity contribution in [3.63, 3.8) is 0 Å². The summed E-state index contributed by atoms with van der Waals surface area (Å²) in [5, 5.41) is 4.87. The van der Waals surface area contributed by atoms with Crippen LogP contribution in [0.25, 0.3) is 0 Å². The predicted molar refractivity (Wildman–Crippen MR) is 111 cm³/mol. The number of anilines is 1. The van der Waals surface area contributed by atoms with Gasteiger partial charge in [-0.25, -0.2) is 0 Å². The number of nitrogens with zero attached hydrogens (tertiary/aromatic N) is 1. The zero-order valence-electron chi connectivity index (χ0n) is 15.6. The van der Waals surface area contributed by atoms with E-state index in [0.717, 1.165) is 49.2 Å². The topological polar surface area (TPSA) is 41.6 Å². The summed E-state index contributed by atoms with van der Waals surface area (Å²) in [5.74, 6) is -0.0123. The maximum atomic E-state index is 11.9. The van der Waals surface area contributed by atoms with Crippen molar-refractivity contribution in [3.05, 3.63) is 50.9 Å². The Kier molecular flexibility index (Phi) is 5.83. The lowest BCUT2D eigenvalue weighted by atomic mass is 9.88. The predicted octanol–water partition coefficient (Wildman–Crippen LogP) is 4.66. The fraction of sp³-hybridized carbons (Fsp3) is 0.476. The van der Waals surface area contributed by atoms with Gasteiger partial charge in [-0.05, 0) is 48.9 Å². The Hall–Kier alpha value is -1.40. The quantitative estimate of drug-likeness (QED) is 0.805. The summed E-state index contributed by atoms with van der Waals surface area (Å²) in [4.78, 5) is 15.8. The van der Waals surface area contributed by atoms with Crippen molar-refractivity contribution in [2.45, 2.75) is 38.6 Å². The van der Waals surface area contributed by atoms with Crippen molar-refractivity contribution < 1.29 is 9.53 Å². The molecule has 6 heteroatoms. The lowest BCUT2D eigenvalue weighted by Crippen LogP contribution is -2.40. The van der Waals surface area contributed by atoms with Gasteiger partial charge in [-0.3, -0.25) is 9.69 Å². The highest BCUT2D eigenvalue weighted by atomic mass is 35.5. The van der Waals surface area contributed by atoms with E-state index < -0.39 is 0 Å². The van der Waals surface area contributed by atoms with E-state index >= 15 is 0 Å². The summed E-state index contributed by atoms with van der Waals surface area (Å²) in [6.45, 7) is 4.81. The number of rotatable bonds is 4. The van der Waals surface area contributed by atoms with Gasteiger partial charge in [0.25, 0.3) is 0 Å². The van der Waals surface area contributed by atoms with Crippen LogP contribution in [0.2, 0.25) is 5.02 Å². The van der Waals surface area contributed by atoms with Gasteiger partial charge in [0.15, 0.2) is 0 Å². The first-order chi connectivity index (χ1) is 13.1. The van der Waals surface area contributed by atoms with E-state index in [4.69, 9.17) is 16.3 Å². The van der Waals surface area contributed by atoms with Crippen LogP contribution in [0.15, 0.2) is 24.3 Å². The minimum atomic E-state index is -0.0123. The van der Waals surface area contributed by atoms with E-state index in [-0.39, 0.29) is 11.9 Å². The number of aryl methyl sites for hydroxylation is 1. The average Bonchev–Trinajstić information content (AvgIpc) is 3.00. The highest BCUT2D eigenvalue weighted by Crippen LogP contribution is 2.45. The molecular weight excluding hydrogens is 380 g/mol. The molecule has 1 N–H and O–H groups in total. The van der Waals surface area contributed by atoms with Crippen molar-refractivity contribution in [3.8, 4) is 0 Å². The van der Waals surface area contributed by atoms with Gasteiger partial charge in [-0.1, -0.05) is 23.7 Å². The number of nitrogens with one attached hydrogen (secondary N) is 1. The number of ether oxygens (including phenoxy) is 1. The van der Waals surface area contributed by atoms with Gasteiger partial charge in [0.05, 0.1) is 19.3 Å². The molecule has 4 nitrogen and oxygen atoms in total. The number of thiophene rings is 1. The van der Waals surface area contributed by atoms with Crippen molar-refractivity contribution in [1.82, 2.24) is 4.90 Å². The smallest absolute Gasteiger partial charge is 0.221 e. The molecule has 1 saturated heterocycles. The van der Waals surface area contributed by atoms with Crippen LogP contribution in [0.3, 0.4) is 0 Å². The molecule has 0 radical (unpaired) electrons. The normalized spacial score (nSPS) is 18.7. The van der Waals surface area contributed by atoms with Gasteiger partial charge in [-0.2, -0.15) is 0 Å². The fourth-order valence-corrected chi connectivity index (χ4v) is 5.77. The molecule has 1 aromatic heterocycles. The van der Waals surface area contributed by atoms with Crippen LogP contribution in [0.1, 0.15) is 47.4 Å².